The maximum Gasteiger partial charge on any atom is 0.325 e. The minimum absolute atomic E-state index is 0.153. The number of nitro benzene ring substituents is 1. The fourth-order valence-corrected chi connectivity index (χ4v) is 1.83. The molecule has 0 fully saturated rings. The summed E-state index contributed by atoms with van der Waals surface area (Å²) in [6.07, 6.45) is -0.426. The van der Waals surface area contributed by atoms with E-state index in [4.69, 9.17) is 5.11 Å². The quantitative estimate of drug-likeness (QED) is 0.363. The molecule has 0 saturated heterocycles. The summed E-state index contributed by atoms with van der Waals surface area (Å²) in [7, 11) is 0. The van der Waals surface area contributed by atoms with E-state index in [1.807, 2.05) is 0 Å². The number of esters is 1. The number of benzene rings is 1. The summed E-state index contributed by atoms with van der Waals surface area (Å²) in [5.74, 6) is -1.79. The highest BCUT2D eigenvalue weighted by Gasteiger charge is 2.19. The molecule has 0 aliphatic carbocycles. The van der Waals surface area contributed by atoms with Crippen molar-refractivity contribution in [3.8, 4) is 0 Å². The number of aliphatic carboxylic acids is 1. The Kier molecular flexibility index (Phi) is 7.14. The van der Waals surface area contributed by atoms with Crippen LogP contribution in [0.3, 0.4) is 0 Å². The fraction of sp³-hybridized carbons (Fsp3) is 0.357. The molecule has 2 amide bonds. The number of hydrogen-bond donors (Lipinski definition) is 3. The van der Waals surface area contributed by atoms with E-state index < -0.39 is 35.4 Å². The van der Waals surface area contributed by atoms with Crippen molar-refractivity contribution in [2.45, 2.75) is 19.4 Å². The number of carbonyl (C=O) groups excluding carboxylic acids is 2. The standard InChI is InChI=1S/C14H17N3O7/c1-2-24-13(20)8-15-14(21)16-11(7-12(18)19)9-3-5-10(6-4-9)17(22)23/h3-6,11H,2,7-8H2,1H3,(H,18,19)(H2,15,16,21). The Labute approximate surface area is 136 Å². The largest absolute Gasteiger partial charge is 0.481 e. The molecule has 130 valence electrons. The number of rotatable bonds is 8. The van der Waals surface area contributed by atoms with Gasteiger partial charge in [0.05, 0.1) is 24.0 Å². The van der Waals surface area contributed by atoms with E-state index in [0.29, 0.717) is 5.56 Å². The van der Waals surface area contributed by atoms with E-state index in [1.54, 1.807) is 6.92 Å². The van der Waals surface area contributed by atoms with Crippen molar-refractivity contribution in [3.05, 3.63) is 39.9 Å². The van der Waals surface area contributed by atoms with E-state index in [-0.39, 0.29) is 18.8 Å². The second-order valence-electron chi connectivity index (χ2n) is 4.63. The second-order valence-corrected chi connectivity index (χ2v) is 4.63. The Morgan fingerprint density at radius 1 is 1.29 bits per heavy atom. The molecule has 10 nitrogen and oxygen atoms in total. The van der Waals surface area contributed by atoms with Gasteiger partial charge in [0.1, 0.15) is 6.54 Å². The van der Waals surface area contributed by atoms with E-state index in [0.717, 1.165) is 0 Å². The van der Waals surface area contributed by atoms with Gasteiger partial charge in [-0.15, -0.1) is 0 Å². The summed E-state index contributed by atoms with van der Waals surface area (Å²) in [6.45, 7) is 1.43. The summed E-state index contributed by atoms with van der Waals surface area (Å²) in [5, 5.41) is 24.2. The number of nitrogens with one attached hydrogen (secondary N) is 2. The highest BCUT2D eigenvalue weighted by Crippen LogP contribution is 2.20. The molecule has 0 aliphatic heterocycles. The van der Waals surface area contributed by atoms with Crippen LogP contribution in [0.15, 0.2) is 24.3 Å². The highest BCUT2D eigenvalue weighted by molar-refractivity contribution is 5.81. The number of hydrogen-bond acceptors (Lipinski definition) is 6. The molecule has 3 N–H and O–H groups in total. The van der Waals surface area contributed by atoms with Crippen LogP contribution in [0.1, 0.15) is 24.9 Å². The van der Waals surface area contributed by atoms with Gasteiger partial charge in [-0.2, -0.15) is 0 Å². The normalized spacial score (nSPS) is 11.2. The van der Waals surface area contributed by atoms with Crippen molar-refractivity contribution in [1.29, 1.82) is 0 Å². The third-order valence-electron chi connectivity index (χ3n) is 2.89. The second kappa shape index (κ2) is 9.08. The minimum Gasteiger partial charge on any atom is -0.481 e. The molecule has 24 heavy (non-hydrogen) atoms. The summed E-state index contributed by atoms with van der Waals surface area (Å²) < 4.78 is 4.64. The maximum atomic E-state index is 11.8. The van der Waals surface area contributed by atoms with Crippen LogP contribution in [0.4, 0.5) is 10.5 Å². The van der Waals surface area contributed by atoms with Gasteiger partial charge < -0.3 is 20.5 Å². The van der Waals surface area contributed by atoms with Gasteiger partial charge in [0.2, 0.25) is 0 Å². The highest BCUT2D eigenvalue weighted by atomic mass is 16.6. The van der Waals surface area contributed by atoms with Gasteiger partial charge in [0.15, 0.2) is 0 Å². The molecule has 0 radical (unpaired) electrons. The fourth-order valence-electron chi connectivity index (χ4n) is 1.83. The summed E-state index contributed by atoms with van der Waals surface area (Å²) in [6, 6.07) is 3.47. The predicted molar refractivity (Wildman–Crippen MR) is 81.3 cm³/mol. The smallest absolute Gasteiger partial charge is 0.325 e. The van der Waals surface area contributed by atoms with Crippen LogP contribution < -0.4 is 10.6 Å². The first-order valence-electron chi connectivity index (χ1n) is 6.99. The molecule has 10 heteroatoms. The molecule has 1 atom stereocenters. The van der Waals surface area contributed by atoms with Crippen molar-refractivity contribution in [2.24, 2.45) is 0 Å². The van der Waals surface area contributed by atoms with Crippen LogP contribution in [0.2, 0.25) is 0 Å². The number of amides is 2. The monoisotopic (exact) mass is 339 g/mol. The molecule has 1 aromatic carbocycles. The van der Waals surface area contributed by atoms with E-state index >= 15 is 0 Å². The molecule has 0 aliphatic rings. The summed E-state index contributed by atoms with van der Waals surface area (Å²) >= 11 is 0. The average molecular weight is 339 g/mol. The van der Waals surface area contributed by atoms with Gasteiger partial charge >= 0.3 is 18.0 Å². The molecule has 0 heterocycles. The van der Waals surface area contributed by atoms with E-state index in [2.05, 4.69) is 15.4 Å². The van der Waals surface area contributed by atoms with Crippen molar-refractivity contribution < 1.29 is 29.2 Å². The molecule has 0 saturated carbocycles. The van der Waals surface area contributed by atoms with Crippen LogP contribution >= 0.6 is 0 Å². The van der Waals surface area contributed by atoms with Crippen LogP contribution in [-0.4, -0.2) is 41.2 Å². The predicted octanol–water partition coefficient (Wildman–Crippen LogP) is 0.973. The molecule has 1 aromatic rings. The number of ether oxygens (including phenoxy) is 1. The Morgan fingerprint density at radius 2 is 1.92 bits per heavy atom. The zero-order chi connectivity index (χ0) is 18.1. The molecule has 0 spiro atoms. The van der Waals surface area contributed by atoms with Gasteiger partial charge in [-0.1, -0.05) is 12.1 Å². The Balaban J connectivity index is 2.74. The first kappa shape index (κ1) is 18.9. The van der Waals surface area contributed by atoms with Crippen LogP contribution in [-0.2, 0) is 14.3 Å². The van der Waals surface area contributed by atoms with Gasteiger partial charge in [-0.05, 0) is 12.5 Å². The Hall–Kier alpha value is -3.17. The third-order valence-corrected chi connectivity index (χ3v) is 2.89. The zero-order valence-electron chi connectivity index (χ0n) is 12.9. The van der Waals surface area contributed by atoms with Gasteiger partial charge in [0.25, 0.3) is 5.69 Å². The average Bonchev–Trinajstić information content (AvgIpc) is 2.52. The lowest BCUT2D eigenvalue weighted by molar-refractivity contribution is -0.384. The summed E-state index contributed by atoms with van der Waals surface area (Å²) in [5.41, 5.74) is 0.230. The van der Waals surface area contributed by atoms with Crippen LogP contribution in [0.25, 0.3) is 0 Å². The van der Waals surface area contributed by atoms with Crippen molar-refractivity contribution in [2.75, 3.05) is 13.2 Å². The zero-order valence-corrected chi connectivity index (χ0v) is 12.9. The molecular formula is C14H17N3O7. The minimum atomic E-state index is -1.16. The lowest BCUT2D eigenvalue weighted by Crippen LogP contribution is -2.41. The number of nitro groups is 1. The van der Waals surface area contributed by atoms with Gasteiger partial charge in [0, 0.05) is 12.1 Å². The van der Waals surface area contributed by atoms with Crippen LogP contribution in [0.5, 0.6) is 0 Å². The van der Waals surface area contributed by atoms with Crippen LogP contribution in [0, 0.1) is 10.1 Å². The van der Waals surface area contributed by atoms with Crippen molar-refractivity contribution >= 4 is 23.7 Å². The lowest BCUT2D eigenvalue weighted by atomic mass is 10.0. The Morgan fingerprint density at radius 3 is 2.42 bits per heavy atom. The number of nitrogens with zero attached hydrogens (tertiary/aromatic N) is 1. The molecule has 1 unspecified atom stereocenters. The maximum absolute atomic E-state index is 11.8. The number of urea groups is 1. The number of carbonyl (C=O) groups is 3. The molecule has 0 aromatic heterocycles. The SMILES string of the molecule is CCOC(=O)CNC(=O)NC(CC(=O)O)c1ccc([N+](=O)[O-])cc1. The molecule has 1 rings (SSSR count). The van der Waals surface area contributed by atoms with Gasteiger partial charge in [-0.25, -0.2) is 4.79 Å². The van der Waals surface area contributed by atoms with E-state index in [1.165, 1.54) is 24.3 Å². The first-order valence-corrected chi connectivity index (χ1v) is 6.99. The number of non-ortho nitro benzene ring substituents is 1. The number of carboxylic acids is 1. The number of carboxylic acid groups (broad SMARTS) is 1. The first-order chi connectivity index (χ1) is 11.3. The lowest BCUT2D eigenvalue weighted by Gasteiger charge is -2.17. The van der Waals surface area contributed by atoms with Crippen molar-refractivity contribution in [3.63, 3.8) is 0 Å². The van der Waals surface area contributed by atoms with Gasteiger partial charge in [-0.3, -0.25) is 19.7 Å². The van der Waals surface area contributed by atoms with E-state index in [9.17, 15) is 24.5 Å². The molecule has 0 bridgehead atoms. The van der Waals surface area contributed by atoms with Crippen molar-refractivity contribution in [1.82, 2.24) is 10.6 Å². The summed E-state index contributed by atoms with van der Waals surface area (Å²) in [4.78, 5) is 43.9. The third kappa shape index (κ3) is 6.30. The molecular weight excluding hydrogens is 322 g/mol. The topological polar surface area (TPSA) is 148 Å². The Bertz CT molecular complexity index is 615.